The first-order chi connectivity index (χ1) is 20.2. The summed E-state index contributed by atoms with van der Waals surface area (Å²) in [6, 6.07) is 24.2. The number of benzene rings is 3. The van der Waals surface area contributed by atoms with Gasteiger partial charge in [-0.3, -0.25) is 4.99 Å². The molecular weight excluding hydrogens is 520 g/mol. The number of aliphatic imine (C=N–C) groups is 2. The van der Waals surface area contributed by atoms with Crippen molar-refractivity contribution < 1.29 is 0 Å². The number of allylic oxidation sites excluding steroid dienone is 9. The molecule has 0 saturated carbocycles. The van der Waals surface area contributed by atoms with Gasteiger partial charge in [-0.25, -0.2) is 4.99 Å². The predicted octanol–water partition coefficient (Wildman–Crippen LogP) is 9.43. The van der Waals surface area contributed by atoms with Crippen molar-refractivity contribution in [1.82, 2.24) is 0 Å². The first kappa shape index (κ1) is 25.9. The fourth-order valence-corrected chi connectivity index (χ4v) is 6.84. The molecule has 0 fully saturated rings. The van der Waals surface area contributed by atoms with Gasteiger partial charge in [0.05, 0.1) is 5.71 Å². The van der Waals surface area contributed by atoms with Gasteiger partial charge >= 0.3 is 0 Å². The SMILES string of the molecule is CN=C(N=C(C1=CCCC=C1)c1cccc2c1C1=C(CCC(Cl)=C1)C2)c1ccc(C2=CCCc3ccccc32)cc1. The van der Waals surface area contributed by atoms with Crippen LogP contribution in [0.1, 0.15) is 71.0 Å². The first-order valence-corrected chi connectivity index (χ1v) is 15.1. The lowest BCUT2D eigenvalue weighted by atomic mass is 9.87. The molecule has 3 heteroatoms. The molecule has 41 heavy (non-hydrogen) atoms. The first-order valence-electron chi connectivity index (χ1n) is 14.7. The summed E-state index contributed by atoms with van der Waals surface area (Å²) in [5, 5.41) is 0.938. The predicted molar refractivity (Wildman–Crippen MR) is 174 cm³/mol. The number of amidine groups is 1. The van der Waals surface area contributed by atoms with E-state index in [1.54, 1.807) is 0 Å². The van der Waals surface area contributed by atoms with Crippen LogP contribution in [0.5, 0.6) is 0 Å². The molecule has 2 nitrogen and oxygen atoms in total. The molecule has 0 aliphatic heterocycles. The number of nitrogens with zero attached hydrogens (tertiary/aromatic N) is 2. The van der Waals surface area contributed by atoms with Gasteiger partial charge in [0.15, 0.2) is 5.84 Å². The molecule has 0 saturated heterocycles. The molecule has 0 radical (unpaired) electrons. The van der Waals surface area contributed by atoms with Crippen molar-refractivity contribution in [2.45, 2.75) is 44.9 Å². The highest BCUT2D eigenvalue weighted by atomic mass is 35.5. The fraction of sp³-hybridized carbons (Fsp3) is 0.211. The van der Waals surface area contributed by atoms with E-state index < -0.39 is 0 Å². The Kier molecular flexibility index (Phi) is 7.02. The third-order valence-electron chi connectivity index (χ3n) is 8.65. The fourth-order valence-electron chi connectivity index (χ4n) is 6.64. The Morgan fingerprint density at radius 3 is 2.49 bits per heavy atom. The molecule has 7 rings (SSSR count). The van der Waals surface area contributed by atoms with Crippen molar-refractivity contribution >= 4 is 34.3 Å². The lowest BCUT2D eigenvalue weighted by Gasteiger charge is -2.19. The van der Waals surface area contributed by atoms with Crippen molar-refractivity contribution in [1.29, 1.82) is 0 Å². The monoisotopic (exact) mass is 552 g/mol. The molecule has 3 aromatic carbocycles. The highest BCUT2D eigenvalue weighted by Crippen LogP contribution is 2.43. The van der Waals surface area contributed by atoms with E-state index in [4.69, 9.17) is 21.6 Å². The zero-order valence-corrected chi connectivity index (χ0v) is 24.2. The van der Waals surface area contributed by atoms with Crippen LogP contribution in [0.4, 0.5) is 0 Å². The van der Waals surface area contributed by atoms with Gasteiger partial charge in [0.1, 0.15) is 0 Å². The average molecular weight is 553 g/mol. The van der Waals surface area contributed by atoms with E-state index in [0.717, 1.165) is 78.2 Å². The molecule has 4 aliphatic rings. The van der Waals surface area contributed by atoms with Gasteiger partial charge in [-0.05, 0) is 95.6 Å². The Morgan fingerprint density at radius 2 is 1.66 bits per heavy atom. The van der Waals surface area contributed by atoms with Crippen LogP contribution in [-0.4, -0.2) is 18.6 Å². The largest absolute Gasteiger partial charge is 0.270 e. The van der Waals surface area contributed by atoms with Gasteiger partial charge in [-0.1, -0.05) is 108 Å². The van der Waals surface area contributed by atoms with E-state index in [9.17, 15) is 0 Å². The van der Waals surface area contributed by atoms with Crippen molar-refractivity contribution in [3.8, 4) is 0 Å². The molecule has 3 aromatic rings. The van der Waals surface area contributed by atoms with E-state index in [1.807, 2.05) is 7.05 Å². The second kappa shape index (κ2) is 11.1. The van der Waals surface area contributed by atoms with Crippen LogP contribution in [0.3, 0.4) is 0 Å². The van der Waals surface area contributed by atoms with Gasteiger partial charge < -0.3 is 0 Å². The highest BCUT2D eigenvalue weighted by Gasteiger charge is 2.28. The van der Waals surface area contributed by atoms with Gasteiger partial charge in [0.2, 0.25) is 0 Å². The Hall–Kier alpha value is -4.01. The van der Waals surface area contributed by atoms with Crippen LogP contribution in [-0.2, 0) is 12.8 Å². The Bertz CT molecular complexity index is 1760. The van der Waals surface area contributed by atoms with Crippen LogP contribution < -0.4 is 0 Å². The third kappa shape index (κ3) is 4.91. The summed E-state index contributed by atoms with van der Waals surface area (Å²) in [5.74, 6) is 0.742. The van der Waals surface area contributed by atoms with E-state index in [1.165, 1.54) is 44.5 Å². The quantitative estimate of drug-likeness (QED) is 0.227. The molecular formula is C38H33ClN2. The lowest BCUT2D eigenvalue weighted by molar-refractivity contribution is 0.923. The summed E-state index contributed by atoms with van der Waals surface area (Å²) in [5.41, 5.74) is 15.1. The zero-order chi connectivity index (χ0) is 27.8. The van der Waals surface area contributed by atoms with E-state index in [0.29, 0.717) is 0 Å². The van der Waals surface area contributed by atoms with E-state index >= 15 is 0 Å². The second-order valence-electron chi connectivity index (χ2n) is 11.2. The van der Waals surface area contributed by atoms with Crippen LogP contribution in [0.15, 0.2) is 123 Å². The van der Waals surface area contributed by atoms with Gasteiger partial charge in [0.25, 0.3) is 0 Å². The van der Waals surface area contributed by atoms with Crippen molar-refractivity contribution in [3.63, 3.8) is 0 Å². The molecule has 0 heterocycles. The number of hydrogen-bond acceptors (Lipinski definition) is 1. The van der Waals surface area contributed by atoms with E-state index in [-0.39, 0.29) is 0 Å². The Balaban J connectivity index is 1.30. The highest BCUT2D eigenvalue weighted by molar-refractivity contribution is 6.31. The second-order valence-corrected chi connectivity index (χ2v) is 11.6. The average Bonchev–Trinajstić information content (AvgIpc) is 3.40. The van der Waals surface area contributed by atoms with Crippen molar-refractivity contribution in [3.05, 3.63) is 152 Å². The van der Waals surface area contributed by atoms with Crippen LogP contribution in [0.2, 0.25) is 0 Å². The van der Waals surface area contributed by atoms with Crippen molar-refractivity contribution in [2.75, 3.05) is 7.05 Å². The third-order valence-corrected chi connectivity index (χ3v) is 8.95. The lowest BCUT2D eigenvalue weighted by Crippen LogP contribution is -2.13. The minimum Gasteiger partial charge on any atom is -0.270 e. The summed E-state index contributed by atoms with van der Waals surface area (Å²) in [7, 11) is 1.84. The van der Waals surface area contributed by atoms with Crippen LogP contribution in [0.25, 0.3) is 11.1 Å². The summed E-state index contributed by atoms with van der Waals surface area (Å²) in [6.45, 7) is 0. The van der Waals surface area contributed by atoms with Crippen LogP contribution in [0, 0.1) is 0 Å². The molecule has 202 valence electrons. The molecule has 0 atom stereocenters. The molecule has 0 aromatic heterocycles. The maximum absolute atomic E-state index is 6.57. The maximum Gasteiger partial charge on any atom is 0.154 e. The van der Waals surface area contributed by atoms with Crippen LogP contribution >= 0.6 is 11.6 Å². The standard InChI is InChI=1S/C38H33ClN2/c1-40-38(28-19-17-26(18-20-28)33-15-7-12-25-9-5-6-14-32(25)33)41-37(27-10-3-2-4-11-27)34-16-8-13-30-23-29-21-22-31(39)24-35(29)36(30)34/h3,5-6,8-11,13-20,24H,2,4,7,12,21-23H2,1H3. The van der Waals surface area contributed by atoms with Gasteiger partial charge in [-0.2, -0.15) is 0 Å². The number of rotatable bonds is 4. The van der Waals surface area contributed by atoms with Crippen molar-refractivity contribution in [2.24, 2.45) is 9.98 Å². The zero-order valence-electron chi connectivity index (χ0n) is 23.5. The smallest absolute Gasteiger partial charge is 0.154 e. The molecule has 0 unspecified atom stereocenters. The molecule has 0 N–H and O–H groups in total. The summed E-state index contributed by atoms with van der Waals surface area (Å²) < 4.78 is 0. The number of hydrogen-bond donors (Lipinski definition) is 0. The summed E-state index contributed by atoms with van der Waals surface area (Å²) in [4.78, 5) is 10.0. The minimum atomic E-state index is 0.742. The Morgan fingerprint density at radius 1 is 0.805 bits per heavy atom. The maximum atomic E-state index is 6.57. The molecule has 4 aliphatic carbocycles. The number of aryl methyl sites for hydroxylation is 1. The normalized spacial score (nSPS) is 18.3. The molecule has 0 bridgehead atoms. The minimum absolute atomic E-state index is 0.742. The number of fused-ring (bicyclic) bond motifs is 3. The molecule has 0 spiro atoms. The number of halogens is 1. The van der Waals surface area contributed by atoms with Gasteiger partial charge in [0, 0.05) is 23.2 Å². The topological polar surface area (TPSA) is 24.7 Å². The van der Waals surface area contributed by atoms with E-state index in [2.05, 4.69) is 97.1 Å². The Labute approximate surface area is 247 Å². The summed E-state index contributed by atoms with van der Waals surface area (Å²) in [6.07, 6.45) is 18.6. The van der Waals surface area contributed by atoms with Gasteiger partial charge in [-0.15, -0.1) is 0 Å². The summed E-state index contributed by atoms with van der Waals surface area (Å²) >= 11 is 6.57. The molecule has 0 amide bonds.